The Morgan fingerprint density at radius 3 is 2.50 bits per heavy atom. The number of aromatic nitrogens is 1. The summed E-state index contributed by atoms with van der Waals surface area (Å²) < 4.78 is 52.0. The molecule has 4 N–H and O–H groups in total. The summed E-state index contributed by atoms with van der Waals surface area (Å²) >= 11 is 0. The Morgan fingerprint density at radius 2 is 1.79 bits per heavy atom. The summed E-state index contributed by atoms with van der Waals surface area (Å²) in [5, 5.41) is 11.3. The Kier molecular flexibility index (Phi) is 7.11. The second kappa shape index (κ2) is 10.9. The number of alkyl halides is 3. The number of carbonyl (C=O) groups is 1. The summed E-state index contributed by atoms with van der Waals surface area (Å²) in [4.78, 5) is 27.4. The fourth-order valence-corrected chi connectivity index (χ4v) is 5.30. The van der Waals surface area contributed by atoms with Crippen LogP contribution >= 0.6 is 0 Å². The lowest BCUT2D eigenvalue weighted by Crippen LogP contribution is -2.43. The zero-order valence-corrected chi connectivity index (χ0v) is 22.1. The number of fused-ring (bicyclic) bond motifs is 3. The first-order chi connectivity index (χ1) is 20.2. The van der Waals surface area contributed by atoms with Crippen LogP contribution in [0.4, 0.5) is 24.5 Å². The van der Waals surface area contributed by atoms with Crippen molar-refractivity contribution in [1.29, 1.82) is 5.41 Å². The highest BCUT2D eigenvalue weighted by Crippen LogP contribution is 2.36. The first-order valence-corrected chi connectivity index (χ1v) is 13.3. The average Bonchev–Trinajstić information content (AvgIpc) is 3.24. The number of benzodiazepines with no additional fused rings is 1. The number of halogens is 3. The van der Waals surface area contributed by atoms with Crippen LogP contribution in [0.2, 0.25) is 0 Å². The summed E-state index contributed by atoms with van der Waals surface area (Å²) in [6.07, 6.45) is -4.00. The number of hydrogen-bond acceptors (Lipinski definition) is 8. The molecule has 42 heavy (non-hydrogen) atoms. The molecular weight excluding hydrogens is 551 g/mol. The number of rotatable bonds is 4. The van der Waals surface area contributed by atoms with Crippen molar-refractivity contribution in [3.8, 4) is 0 Å². The van der Waals surface area contributed by atoms with E-state index in [1.165, 1.54) is 0 Å². The third-order valence-corrected chi connectivity index (χ3v) is 7.22. The van der Waals surface area contributed by atoms with Crippen molar-refractivity contribution in [3.05, 3.63) is 89.2 Å². The van der Waals surface area contributed by atoms with Crippen LogP contribution in [0.1, 0.15) is 35.2 Å². The molecule has 2 saturated heterocycles. The first kappa shape index (κ1) is 27.4. The second-order valence-corrected chi connectivity index (χ2v) is 10.1. The number of nitrogens with one attached hydrogen (secondary N) is 2. The molecule has 0 saturated carbocycles. The quantitative estimate of drug-likeness (QED) is 0.317. The van der Waals surface area contributed by atoms with Gasteiger partial charge in [0.05, 0.1) is 34.9 Å². The molecule has 0 aliphatic carbocycles. The van der Waals surface area contributed by atoms with Gasteiger partial charge in [-0.25, -0.2) is 9.98 Å². The molecule has 1 aromatic heterocycles. The maximum absolute atomic E-state index is 13.6. The van der Waals surface area contributed by atoms with E-state index in [9.17, 15) is 18.0 Å². The van der Waals surface area contributed by atoms with Gasteiger partial charge in [-0.3, -0.25) is 10.2 Å². The lowest BCUT2D eigenvalue weighted by molar-refractivity contribution is -0.137. The van der Waals surface area contributed by atoms with Gasteiger partial charge in [-0.15, -0.1) is 0 Å². The van der Waals surface area contributed by atoms with Gasteiger partial charge in [0.15, 0.2) is 0 Å². The molecule has 3 aliphatic heterocycles. The van der Waals surface area contributed by atoms with Crippen LogP contribution in [0.15, 0.2) is 76.8 Å². The number of anilines is 2. The Morgan fingerprint density at radius 1 is 1.10 bits per heavy atom. The minimum absolute atomic E-state index is 0.0786. The van der Waals surface area contributed by atoms with E-state index in [4.69, 9.17) is 20.6 Å². The molecule has 1 amide bonds. The van der Waals surface area contributed by atoms with E-state index in [0.717, 1.165) is 24.5 Å². The van der Waals surface area contributed by atoms with E-state index in [0.29, 0.717) is 36.2 Å². The fourth-order valence-electron chi connectivity index (χ4n) is 5.30. The summed E-state index contributed by atoms with van der Waals surface area (Å²) in [6.45, 7) is 0.701. The van der Waals surface area contributed by atoms with Gasteiger partial charge >= 0.3 is 6.18 Å². The zero-order valence-electron chi connectivity index (χ0n) is 22.1. The molecule has 3 atom stereocenters. The van der Waals surface area contributed by atoms with Gasteiger partial charge in [-0.2, -0.15) is 18.2 Å². The summed E-state index contributed by atoms with van der Waals surface area (Å²) in [7, 11) is 0. The molecule has 3 aliphatic rings. The van der Waals surface area contributed by atoms with E-state index in [2.05, 4.69) is 20.3 Å². The second-order valence-electron chi connectivity index (χ2n) is 10.1. The van der Waals surface area contributed by atoms with Crippen molar-refractivity contribution >= 4 is 34.9 Å². The number of amides is 1. The molecule has 2 unspecified atom stereocenters. The Balaban J connectivity index is 1.30. The van der Waals surface area contributed by atoms with Gasteiger partial charge in [0, 0.05) is 30.4 Å². The number of morpholine rings is 1. The van der Waals surface area contributed by atoms with E-state index >= 15 is 0 Å². The molecule has 6 rings (SSSR count). The Labute approximate surface area is 238 Å². The number of carbonyl (C=O) groups excluding carboxylic acids is 1. The van der Waals surface area contributed by atoms with Crippen molar-refractivity contribution in [3.63, 3.8) is 0 Å². The highest BCUT2D eigenvalue weighted by atomic mass is 19.4. The Bertz CT molecular complexity index is 1580. The van der Waals surface area contributed by atoms with Gasteiger partial charge < -0.3 is 25.4 Å². The van der Waals surface area contributed by atoms with E-state index in [1.807, 2.05) is 42.5 Å². The van der Waals surface area contributed by atoms with Gasteiger partial charge in [0.2, 0.25) is 12.1 Å². The van der Waals surface area contributed by atoms with E-state index < -0.39 is 35.7 Å². The minimum Gasteiger partial charge on any atom is -0.405 e. The third-order valence-electron chi connectivity index (χ3n) is 7.22. The molecule has 4 heterocycles. The number of hydrogen-bond donors (Lipinski definition) is 3. The van der Waals surface area contributed by atoms with Crippen LogP contribution in [0.25, 0.3) is 0 Å². The highest BCUT2D eigenvalue weighted by Gasteiger charge is 2.38. The van der Waals surface area contributed by atoms with Crippen molar-refractivity contribution < 1.29 is 27.4 Å². The third kappa shape index (κ3) is 5.55. The predicted octanol–water partition coefficient (Wildman–Crippen LogP) is 3.94. The van der Waals surface area contributed by atoms with Crippen molar-refractivity contribution in [1.82, 2.24) is 4.98 Å². The normalized spacial score (nSPS) is 22.1. The van der Waals surface area contributed by atoms with Crippen LogP contribution < -0.4 is 16.0 Å². The fraction of sp³-hybridized carbons (Fsp3) is 0.276. The molecule has 2 fully saturated rings. The number of amidine groups is 1. The topological polar surface area (TPSA) is 138 Å². The maximum atomic E-state index is 13.6. The standard InChI is InChI=1S/C29H26F3N7O3/c30-29(31,32)17-12-22(39-14-18-10-11-19(15-39)41-18)24(35-13-17)25(33)42-28(34)38-26-27(40)36-21-9-5-4-8-20(21)23(37-26)16-6-2-1-3-7-16/h1-9,12-13,18-19,26,33H,10-11,14-15H2,(H2,34,38)(H,36,40)/t18?,19?,26-/m1/s1. The van der Waals surface area contributed by atoms with Crippen LogP contribution in [0.5, 0.6) is 0 Å². The van der Waals surface area contributed by atoms with Crippen molar-refractivity contribution in [2.24, 2.45) is 15.7 Å². The molecule has 216 valence electrons. The van der Waals surface area contributed by atoms with Gasteiger partial charge in [-0.05, 0) is 25.0 Å². The summed E-state index contributed by atoms with van der Waals surface area (Å²) in [5.74, 6) is -1.20. The van der Waals surface area contributed by atoms with Crippen molar-refractivity contribution in [2.45, 2.75) is 37.4 Å². The molecule has 0 spiro atoms. The SMILES string of the molecule is N=C(OC(N)=N[C@H]1N=C(c2ccccc2)c2ccccc2NC1=O)c1ncc(C(F)(F)F)cc1N1CC2CCC(C1)O2. The number of aliphatic imine (C=N–C) groups is 2. The van der Waals surface area contributed by atoms with Crippen molar-refractivity contribution in [2.75, 3.05) is 23.3 Å². The van der Waals surface area contributed by atoms with Crippen LogP contribution in [-0.2, 0) is 20.4 Å². The molecular formula is C29H26F3N7O3. The number of benzene rings is 2. The summed E-state index contributed by atoms with van der Waals surface area (Å²) in [5.41, 5.74) is 7.46. The highest BCUT2D eigenvalue weighted by molar-refractivity contribution is 6.19. The summed E-state index contributed by atoms with van der Waals surface area (Å²) in [6, 6.07) is 16.8. The largest absolute Gasteiger partial charge is 0.417 e. The van der Waals surface area contributed by atoms with Gasteiger partial charge in [-0.1, -0.05) is 48.5 Å². The number of ether oxygens (including phenoxy) is 2. The Hall–Kier alpha value is -4.78. The molecule has 2 bridgehead atoms. The number of nitrogens with two attached hydrogens (primary N) is 1. The van der Waals surface area contributed by atoms with Crippen LogP contribution in [0.3, 0.4) is 0 Å². The van der Waals surface area contributed by atoms with Crippen LogP contribution in [-0.4, -0.2) is 60.0 Å². The molecule has 3 aromatic rings. The van der Waals surface area contributed by atoms with Crippen LogP contribution in [0, 0.1) is 5.41 Å². The number of para-hydroxylation sites is 1. The zero-order chi connectivity index (χ0) is 29.4. The minimum atomic E-state index is -4.63. The molecule has 0 radical (unpaired) electrons. The lowest BCUT2D eigenvalue weighted by atomic mass is 10.0. The van der Waals surface area contributed by atoms with E-state index in [1.54, 1.807) is 17.0 Å². The smallest absolute Gasteiger partial charge is 0.405 e. The van der Waals surface area contributed by atoms with Gasteiger partial charge in [0.1, 0.15) is 5.69 Å². The van der Waals surface area contributed by atoms with E-state index in [-0.39, 0.29) is 23.6 Å². The maximum Gasteiger partial charge on any atom is 0.417 e. The first-order valence-electron chi connectivity index (χ1n) is 13.3. The molecule has 13 heteroatoms. The molecule has 10 nitrogen and oxygen atoms in total. The number of nitrogens with zero attached hydrogens (tertiary/aromatic N) is 4. The monoisotopic (exact) mass is 577 g/mol. The average molecular weight is 578 g/mol. The molecule has 2 aromatic carbocycles. The predicted molar refractivity (Wildman–Crippen MR) is 150 cm³/mol. The number of pyridine rings is 1. The van der Waals surface area contributed by atoms with Gasteiger partial charge in [0.25, 0.3) is 11.9 Å². The lowest BCUT2D eigenvalue weighted by Gasteiger charge is -2.34.